The first-order valence-electron chi connectivity index (χ1n) is 7.42. The molecule has 0 nitrogen and oxygen atoms in total. The smallest absolute Gasteiger partial charge is 0.0312 e. The molecule has 2 saturated carbocycles. The summed E-state index contributed by atoms with van der Waals surface area (Å²) < 4.78 is 1.34. The van der Waals surface area contributed by atoms with Crippen molar-refractivity contribution in [2.45, 2.75) is 27.5 Å². The van der Waals surface area contributed by atoms with E-state index >= 15 is 0 Å². The molecule has 2 rings (SSSR count). The molecule has 0 unspecified atom stereocenters. The summed E-state index contributed by atoms with van der Waals surface area (Å²) in [5.74, 6) is 1.29. The second kappa shape index (κ2) is 18.2. The van der Waals surface area contributed by atoms with E-state index in [-0.39, 0.29) is 17.1 Å². The summed E-state index contributed by atoms with van der Waals surface area (Å²) in [7, 11) is 0. The molecule has 2 aliphatic rings. The van der Waals surface area contributed by atoms with Crippen molar-refractivity contribution >= 4 is 26.5 Å². The first-order chi connectivity index (χ1) is 10.1. The standard InChI is InChI=1S/C9H11B.C5H5.C3H5.2CH3.Fe.Sn/c1-3-8-10(2)9-6-4-5-7-9;1-2-4-5-3-1;1-3-2;;;;/h3-6H,1,8H2,2H3;1-5H;3H,1-2H2;2*1H3;;/q-1;;;;;+2;+1. The van der Waals surface area contributed by atoms with Crippen molar-refractivity contribution < 1.29 is 17.1 Å². The molecule has 2 fully saturated rings. The van der Waals surface area contributed by atoms with Crippen LogP contribution in [0.2, 0.25) is 27.5 Å². The maximum Gasteiger partial charge on any atom is 2.00 e. The maximum absolute atomic E-state index is 3.70. The molecule has 0 saturated heterocycles. The molecule has 3 heteroatoms. The van der Waals surface area contributed by atoms with Gasteiger partial charge in [0.1, 0.15) is 6.71 Å². The van der Waals surface area contributed by atoms with Gasteiger partial charge >= 0.3 is 63.8 Å². The van der Waals surface area contributed by atoms with Gasteiger partial charge in [-0.2, -0.15) is 0 Å². The minimum Gasteiger partial charge on any atom is -0.0312 e. The predicted octanol–water partition coefficient (Wildman–Crippen LogP) is 5.06. The summed E-state index contributed by atoms with van der Waals surface area (Å²) in [6.07, 6.45) is 24.3. The monoisotopic (exact) mass is 442 g/mol. The molecule has 2 aliphatic carbocycles. The van der Waals surface area contributed by atoms with Crippen molar-refractivity contribution in [2.24, 2.45) is 0 Å². The van der Waals surface area contributed by atoms with E-state index < -0.39 is 19.8 Å². The zero-order valence-corrected chi connectivity index (χ0v) is 18.0. The molecular weight excluding hydrogens is 414 g/mol. The molecule has 10 radical (unpaired) electrons. The van der Waals surface area contributed by atoms with Gasteiger partial charge in [0.05, 0.1) is 0 Å². The van der Waals surface area contributed by atoms with Crippen LogP contribution < -0.4 is 0 Å². The van der Waals surface area contributed by atoms with E-state index in [4.69, 9.17) is 0 Å². The van der Waals surface area contributed by atoms with Gasteiger partial charge < -0.3 is 6.42 Å². The third kappa shape index (κ3) is 15.7. The van der Waals surface area contributed by atoms with Crippen LogP contribution >= 0.6 is 0 Å². The predicted molar refractivity (Wildman–Crippen MR) is 100.0 cm³/mol. The normalized spacial score (nSPS) is 16.3. The van der Waals surface area contributed by atoms with Crippen molar-refractivity contribution in [3.8, 4) is 0 Å². The van der Waals surface area contributed by atoms with Gasteiger partial charge in [-0.3, -0.25) is 0 Å². The molecule has 0 N–H and O–H groups in total. The van der Waals surface area contributed by atoms with Gasteiger partial charge in [-0.1, -0.05) is 32.1 Å². The molecule has 0 aliphatic heterocycles. The first kappa shape index (κ1) is 25.1. The van der Waals surface area contributed by atoms with Crippen LogP contribution in [0.15, 0.2) is 25.3 Å². The average Bonchev–Trinajstić information content (AvgIpc) is 3.16. The van der Waals surface area contributed by atoms with Crippen molar-refractivity contribution in [2.75, 3.05) is 0 Å². The first-order valence-corrected chi connectivity index (χ1v) is 15.1. The molecule has 22 heavy (non-hydrogen) atoms. The Morgan fingerprint density at radius 3 is 1.86 bits per heavy atom. The van der Waals surface area contributed by atoms with E-state index in [0.717, 1.165) is 6.32 Å². The fourth-order valence-corrected chi connectivity index (χ4v) is 3.28. The van der Waals surface area contributed by atoms with Gasteiger partial charge in [-0.15, -0.1) is 6.58 Å². The molecule has 0 aromatic heterocycles. The zero-order valence-electron chi connectivity index (χ0n) is 14.0. The number of hydrogen-bond donors (Lipinski definition) is 0. The topological polar surface area (TPSA) is 0 Å². The van der Waals surface area contributed by atoms with Crippen LogP contribution in [0.4, 0.5) is 0 Å². The Labute approximate surface area is 159 Å². The molecular formula is C19H27BFeSn+2. The van der Waals surface area contributed by atoms with Crippen molar-refractivity contribution in [3.05, 3.63) is 88.9 Å². The van der Waals surface area contributed by atoms with E-state index in [2.05, 4.69) is 42.7 Å². The van der Waals surface area contributed by atoms with Gasteiger partial charge in [0.2, 0.25) is 0 Å². The molecule has 116 valence electrons. The fraction of sp³-hybridized carbons (Fsp3) is 0.263. The summed E-state index contributed by atoms with van der Waals surface area (Å²) in [5, 5.41) is 0. The third-order valence-electron chi connectivity index (χ3n) is 2.78. The summed E-state index contributed by atoms with van der Waals surface area (Å²) >= 11 is -0.733. The molecule has 0 spiro atoms. The minimum absolute atomic E-state index is 0. The largest absolute Gasteiger partial charge is 2.00 e. The molecule has 0 aromatic carbocycles. The van der Waals surface area contributed by atoms with Gasteiger partial charge in [-0.05, 0) is 32.1 Å². The van der Waals surface area contributed by atoms with E-state index in [1.165, 1.54) is 10.3 Å². The number of allylic oxidation sites excluding steroid dienone is 2. The van der Waals surface area contributed by atoms with Crippen molar-refractivity contribution in [1.82, 2.24) is 0 Å². The van der Waals surface area contributed by atoms with Crippen LogP contribution in [0.1, 0.15) is 0 Å². The average molecular weight is 441 g/mol. The van der Waals surface area contributed by atoms with Crippen molar-refractivity contribution in [1.29, 1.82) is 0 Å². The van der Waals surface area contributed by atoms with Crippen molar-refractivity contribution in [3.63, 3.8) is 0 Å². The Kier molecular flexibility index (Phi) is 20.8. The van der Waals surface area contributed by atoms with Crippen LogP contribution in [-0.4, -0.2) is 26.5 Å². The quantitative estimate of drug-likeness (QED) is 0.318. The summed E-state index contributed by atoms with van der Waals surface area (Å²) in [6, 6.07) is 0. The van der Waals surface area contributed by atoms with E-state index in [0.29, 0.717) is 6.71 Å². The third-order valence-corrected chi connectivity index (χ3v) is 5.94. The van der Waals surface area contributed by atoms with E-state index in [1.54, 1.807) is 0 Å². The van der Waals surface area contributed by atoms with Gasteiger partial charge in [0.25, 0.3) is 0 Å². The fourth-order valence-electron chi connectivity index (χ4n) is 1.64. The summed E-state index contributed by atoms with van der Waals surface area (Å²) in [5.41, 5.74) is 0. The Morgan fingerprint density at radius 1 is 1.05 bits per heavy atom. The Morgan fingerprint density at radius 2 is 1.59 bits per heavy atom. The Balaban J connectivity index is 0. The molecule has 0 atom stereocenters. The summed E-state index contributed by atoms with van der Waals surface area (Å²) in [6.45, 7) is 10.1. The van der Waals surface area contributed by atoms with Gasteiger partial charge in [-0.25, -0.2) is 12.2 Å². The number of hydrogen-bond acceptors (Lipinski definition) is 0. The van der Waals surface area contributed by atoms with Gasteiger partial charge in [0.15, 0.2) is 0 Å². The summed E-state index contributed by atoms with van der Waals surface area (Å²) in [4.78, 5) is 4.76. The van der Waals surface area contributed by atoms with Crippen LogP contribution in [0.3, 0.4) is 0 Å². The van der Waals surface area contributed by atoms with E-state index in [9.17, 15) is 0 Å². The molecule has 0 aromatic rings. The van der Waals surface area contributed by atoms with Crippen LogP contribution in [-0.2, 0) is 17.1 Å². The minimum atomic E-state index is -0.733. The molecule has 0 bridgehead atoms. The zero-order chi connectivity index (χ0) is 15.9. The second-order valence-corrected chi connectivity index (χ2v) is 13.3. The molecule has 0 heterocycles. The molecule has 0 amide bonds. The Bertz CT molecular complexity index is 238. The SMILES string of the molecule is C=CCB(C)[C]1[C-][CH][CH][CH]1.C=C[CH2][Sn+]([CH3])[CH3].[CH]1[CH][CH][CH][CH]1.[Fe+2]. The van der Waals surface area contributed by atoms with Crippen LogP contribution in [0.25, 0.3) is 0 Å². The Hall–Kier alpha value is 0.863. The second-order valence-electron chi connectivity index (χ2n) is 5.21. The maximum atomic E-state index is 3.70. The number of rotatable bonds is 5. The van der Waals surface area contributed by atoms with Crippen LogP contribution in [0.5, 0.6) is 0 Å². The van der Waals surface area contributed by atoms with E-state index in [1.807, 2.05) is 57.1 Å². The van der Waals surface area contributed by atoms with Gasteiger partial charge in [0, 0.05) is 0 Å². The van der Waals surface area contributed by atoms with Crippen LogP contribution in [0, 0.1) is 63.6 Å².